The van der Waals surface area contributed by atoms with Crippen LogP contribution in [0.15, 0.2) is 18.2 Å². The van der Waals surface area contributed by atoms with Crippen molar-refractivity contribution in [2.24, 2.45) is 0 Å². The molecule has 9 heteroatoms. The summed E-state index contributed by atoms with van der Waals surface area (Å²) in [6.45, 7) is 6.42. The van der Waals surface area contributed by atoms with Gasteiger partial charge in [-0.2, -0.15) is 0 Å². The first-order chi connectivity index (χ1) is 12.3. The van der Waals surface area contributed by atoms with E-state index in [0.717, 1.165) is 26.2 Å². The molecule has 9 nitrogen and oxygen atoms in total. The maximum atomic E-state index is 11.4. The van der Waals surface area contributed by atoms with Crippen LogP contribution >= 0.6 is 0 Å². The van der Waals surface area contributed by atoms with Gasteiger partial charge in [-0.1, -0.05) is 6.07 Å². The SMILES string of the molecule is CC(=O)OC(OC(C)=O)c1cc([N+](=O)[O-])ccc1CN1CCN(C)CC1. The van der Waals surface area contributed by atoms with E-state index in [0.29, 0.717) is 17.7 Å². The molecule has 1 fully saturated rings. The molecule has 0 saturated carbocycles. The molecule has 0 spiro atoms. The van der Waals surface area contributed by atoms with Crippen molar-refractivity contribution < 1.29 is 24.0 Å². The standard InChI is InChI=1S/C17H23N3O6/c1-12(21)25-17(26-13(2)22)16-10-15(20(23)24)5-4-14(16)11-19-8-6-18(3)7-9-19/h4-5,10,17H,6-9,11H2,1-3H3. The summed E-state index contributed by atoms with van der Waals surface area (Å²) in [5.41, 5.74) is 0.864. The van der Waals surface area contributed by atoms with Gasteiger partial charge in [0.05, 0.1) is 4.92 Å². The predicted molar refractivity (Wildman–Crippen MR) is 92.1 cm³/mol. The number of nitro benzene ring substituents is 1. The lowest BCUT2D eigenvalue weighted by atomic mass is 10.0. The van der Waals surface area contributed by atoms with Crippen molar-refractivity contribution in [3.63, 3.8) is 0 Å². The topological polar surface area (TPSA) is 102 Å². The summed E-state index contributed by atoms with van der Waals surface area (Å²) in [5.74, 6) is -1.29. The summed E-state index contributed by atoms with van der Waals surface area (Å²) in [4.78, 5) is 37.8. The Morgan fingerprint density at radius 1 is 1.15 bits per heavy atom. The van der Waals surface area contributed by atoms with E-state index in [1.54, 1.807) is 6.07 Å². The minimum Gasteiger partial charge on any atom is -0.421 e. The predicted octanol–water partition coefficient (Wildman–Crippen LogP) is 1.47. The minimum atomic E-state index is -1.31. The van der Waals surface area contributed by atoms with E-state index in [9.17, 15) is 19.7 Å². The van der Waals surface area contributed by atoms with Gasteiger partial charge >= 0.3 is 11.9 Å². The lowest BCUT2D eigenvalue weighted by Crippen LogP contribution is -2.44. The van der Waals surface area contributed by atoms with Crippen molar-refractivity contribution in [1.29, 1.82) is 0 Å². The fraction of sp³-hybridized carbons (Fsp3) is 0.529. The van der Waals surface area contributed by atoms with Crippen LogP contribution in [0.2, 0.25) is 0 Å². The minimum absolute atomic E-state index is 0.161. The molecule has 0 amide bonds. The number of carbonyl (C=O) groups excluding carboxylic acids is 2. The third kappa shape index (κ3) is 5.50. The molecule has 2 rings (SSSR count). The van der Waals surface area contributed by atoms with Crippen LogP contribution in [-0.4, -0.2) is 59.9 Å². The van der Waals surface area contributed by atoms with E-state index in [-0.39, 0.29) is 5.69 Å². The molecular weight excluding hydrogens is 342 g/mol. The summed E-state index contributed by atoms with van der Waals surface area (Å²) in [7, 11) is 2.05. The number of non-ortho nitro benzene ring substituents is 1. The van der Waals surface area contributed by atoms with E-state index in [2.05, 4.69) is 9.80 Å². The molecule has 26 heavy (non-hydrogen) atoms. The van der Waals surface area contributed by atoms with Crippen LogP contribution in [0, 0.1) is 10.1 Å². The van der Waals surface area contributed by atoms with Gasteiger partial charge in [-0.3, -0.25) is 24.6 Å². The van der Waals surface area contributed by atoms with Crippen LogP contribution in [-0.2, 0) is 25.6 Å². The Bertz CT molecular complexity index is 669. The summed E-state index contributed by atoms with van der Waals surface area (Å²) in [6.07, 6.45) is -1.31. The quantitative estimate of drug-likeness (QED) is 0.323. The lowest BCUT2D eigenvalue weighted by Gasteiger charge is -2.33. The largest absolute Gasteiger partial charge is 0.421 e. The number of hydrogen-bond acceptors (Lipinski definition) is 8. The van der Waals surface area contributed by atoms with E-state index < -0.39 is 23.2 Å². The third-order valence-corrected chi connectivity index (χ3v) is 4.13. The summed E-state index contributed by atoms with van der Waals surface area (Å²) >= 11 is 0. The second kappa shape index (κ2) is 8.72. The van der Waals surface area contributed by atoms with E-state index >= 15 is 0 Å². The average molecular weight is 365 g/mol. The zero-order chi connectivity index (χ0) is 19.3. The van der Waals surface area contributed by atoms with E-state index in [1.807, 2.05) is 7.05 Å². The molecule has 1 saturated heterocycles. The van der Waals surface area contributed by atoms with Crippen LogP contribution in [0.4, 0.5) is 5.69 Å². The molecule has 142 valence electrons. The van der Waals surface area contributed by atoms with Crippen molar-refractivity contribution in [1.82, 2.24) is 9.80 Å². The van der Waals surface area contributed by atoms with Crippen LogP contribution in [0.5, 0.6) is 0 Å². The zero-order valence-corrected chi connectivity index (χ0v) is 15.1. The van der Waals surface area contributed by atoms with Gasteiger partial charge in [0.2, 0.25) is 0 Å². The Morgan fingerprint density at radius 3 is 2.23 bits per heavy atom. The smallest absolute Gasteiger partial charge is 0.305 e. The molecule has 0 bridgehead atoms. The Balaban J connectivity index is 2.34. The number of ether oxygens (including phenoxy) is 2. The van der Waals surface area contributed by atoms with Gasteiger partial charge < -0.3 is 14.4 Å². The van der Waals surface area contributed by atoms with Crippen LogP contribution in [0.25, 0.3) is 0 Å². The fourth-order valence-corrected chi connectivity index (χ4v) is 2.76. The van der Waals surface area contributed by atoms with Gasteiger partial charge in [-0.25, -0.2) is 0 Å². The lowest BCUT2D eigenvalue weighted by molar-refractivity contribution is -0.385. The van der Waals surface area contributed by atoms with Crippen molar-refractivity contribution in [2.75, 3.05) is 33.2 Å². The molecule has 0 atom stereocenters. The summed E-state index contributed by atoms with van der Waals surface area (Å²) < 4.78 is 10.2. The second-order valence-electron chi connectivity index (χ2n) is 6.27. The number of carbonyl (C=O) groups is 2. The highest BCUT2D eigenvalue weighted by molar-refractivity contribution is 5.68. The van der Waals surface area contributed by atoms with E-state index in [1.165, 1.54) is 26.0 Å². The highest BCUT2D eigenvalue weighted by atomic mass is 16.7. The molecule has 0 radical (unpaired) electrons. The number of piperazine rings is 1. The van der Waals surface area contributed by atoms with Crippen LogP contribution in [0.1, 0.15) is 31.3 Å². The second-order valence-corrected chi connectivity index (χ2v) is 6.27. The number of benzene rings is 1. The molecule has 0 N–H and O–H groups in total. The third-order valence-electron chi connectivity index (χ3n) is 4.13. The first-order valence-electron chi connectivity index (χ1n) is 8.29. The Kier molecular flexibility index (Phi) is 6.64. The number of hydrogen-bond donors (Lipinski definition) is 0. The summed E-state index contributed by atoms with van der Waals surface area (Å²) in [5, 5.41) is 11.1. The highest BCUT2D eigenvalue weighted by Gasteiger charge is 2.25. The molecule has 1 aromatic carbocycles. The monoisotopic (exact) mass is 365 g/mol. The van der Waals surface area contributed by atoms with Crippen molar-refractivity contribution in [3.8, 4) is 0 Å². The molecule has 0 aromatic heterocycles. The van der Waals surface area contributed by atoms with Crippen LogP contribution < -0.4 is 0 Å². The highest BCUT2D eigenvalue weighted by Crippen LogP contribution is 2.29. The van der Waals surface area contributed by atoms with Gasteiger partial charge in [-0.05, 0) is 12.6 Å². The summed E-state index contributed by atoms with van der Waals surface area (Å²) in [6, 6.07) is 4.31. The maximum Gasteiger partial charge on any atom is 0.305 e. The number of nitrogens with zero attached hydrogens (tertiary/aromatic N) is 3. The van der Waals surface area contributed by atoms with Gasteiger partial charge in [0.15, 0.2) is 0 Å². The van der Waals surface area contributed by atoms with Gasteiger partial charge in [0.25, 0.3) is 12.0 Å². The Hall–Kier alpha value is -2.52. The molecule has 1 aliphatic rings. The number of rotatable bonds is 6. The van der Waals surface area contributed by atoms with Gasteiger partial charge in [-0.15, -0.1) is 0 Å². The maximum absolute atomic E-state index is 11.4. The first kappa shape index (κ1) is 19.8. The first-order valence-corrected chi connectivity index (χ1v) is 8.29. The zero-order valence-electron chi connectivity index (χ0n) is 15.1. The van der Waals surface area contributed by atoms with Crippen LogP contribution in [0.3, 0.4) is 0 Å². The molecule has 1 aromatic rings. The molecule has 1 heterocycles. The molecule has 0 aliphatic carbocycles. The number of esters is 2. The van der Waals surface area contributed by atoms with Crippen molar-refractivity contribution in [3.05, 3.63) is 39.4 Å². The Morgan fingerprint density at radius 2 is 1.73 bits per heavy atom. The van der Waals surface area contributed by atoms with Gasteiger partial charge in [0, 0.05) is 64.3 Å². The molecule has 1 aliphatic heterocycles. The molecule has 0 unspecified atom stereocenters. The van der Waals surface area contributed by atoms with E-state index in [4.69, 9.17) is 9.47 Å². The molecular formula is C17H23N3O6. The number of likely N-dealkylation sites (N-methyl/N-ethyl adjacent to an activating group) is 1. The fourth-order valence-electron chi connectivity index (χ4n) is 2.76. The van der Waals surface area contributed by atoms with Gasteiger partial charge in [0.1, 0.15) is 0 Å². The average Bonchev–Trinajstić information content (AvgIpc) is 2.55. The number of nitro groups is 1. The normalized spacial score (nSPS) is 15.7. The Labute approximate surface area is 151 Å². The van der Waals surface area contributed by atoms with Crippen molar-refractivity contribution >= 4 is 17.6 Å². The van der Waals surface area contributed by atoms with Crippen molar-refractivity contribution in [2.45, 2.75) is 26.7 Å².